The number of para-hydroxylation sites is 1. The highest BCUT2D eigenvalue weighted by Crippen LogP contribution is 2.34. The fourth-order valence-electron chi connectivity index (χ4n) is 1.86. The van der Waals surface area contributed by atoms with Crippen LogP contribution in [0.5, 0.6) is 0 Å². The monoisotopic (exact) mass is 285 g/mol. The largest absolute Gasteiger partial charge is 0.418 e. The van der Waals surface area contributed by atoms with Gasteiger partial charge in [-0.25, -0.2) is 0 Å². The molecule has 20 heavy (non-hydrogen) atoms. The summed E-state index contributed by atoms with van der Waals surface area (Å²) in [6.45, 7) is 1.09. The van der Waals surface area contributed by atoms with Crippen molar-refractivity contribution in [2.75, 3.05) is 18.4 Å². The van der Waals surface area contributed by atoms with Crippen molar-refractivity contribution < 1.29 is 18.0 Å². The Morgan fingerprint density at radius 3 is 2.75 bits per heavy atom. The molecule has 0 unspecified atom stereocenters. The minimum atomic E-state index is -4.51. The standard InChI is InChI=1S/C13H14F3N3O/c14-13(15,16)9-5-1-2-6-10(9)19-12(20)11-17-7-3-4-8-18-11/h1-2,5-6H,3-4,7-8H2,(H,17,18)(H,19,20). The van der Waals surface area contributed by atoms with Crippen LogP contribution in [0.2, 0.25) is 0 Å². The van der Waals surface area contributed by atoms with Crippen molar-refractivity contribution in [1.82, 2.24) is 5.32 Å². The van der Waals surface area contributed by atoms with Crippen LogP contribution < -0.4 is 10.6 Å². The van der Waals surface area contributed by atoms with E-state index in [1.165, 1.54) is 18.2 Å². The van der Waals surface area contributed by atoms with Gasteiger partial charge in [-0.15, -0.1) is 0 Å². The molecule has 0 saturated carbocycles. The summed E-state index contributed by atoms with van der Waals surface area (Å²) in [5.74, 6) is -0.567. The molecule has 1 aliphatic heterocycles. The second-order valence-corrected chi connectivity index (χ2v) is 4.36. The predicted molar refractivity (Wildman–Crippen MR) is 69.6 cm³/mol. The highest BCUT2D eigenvalue weighted by molar-refractivity contribution is 6.42. The van der Waals surface area contributed by atoms with Gasteiger partial charge in [0.1, 0.15) is 0 Å². The minimum Gasteiger partial charge on any atom is -0.366 e. The van der Waals surface area contributed by atoms with Gasteiger partial charge in [-0.3, -0.25) is 9.79 Å². The van der Waals surface area contributed by atoms with Gasteiger partial charge in [0.15, 0.2) is 5.84 Å². The summed E-state index contributed by atoms with van der Waals surface area (Å²) in [5.41, 5.74) is -1.14. The number of carbonyl (C=O) groups is 1. The molecule has 0 aromatic heterocycles. The molecule has 1 aliphatic rings. The molecular weight excluding hydrogens is 271 g/mol. The number of nitrogens with one attached hydrogen (secondary N) is 2. The molecule has 0 bridgehead atoms. The fourth-order valence-corrected chi connectivity index (χ4v) is 1.86. The number of benzene rings is 1. The number of anilines is 1. The zero-order chi connectivity index (χ0) is 14.6. The Bertz CT molecular complexity index is 526. The minimum absolute atomic E-state index is 0.0828. The number of amides is 1. The normalized spacial score (nSPS) is 15.8. The Kier molecular flexibility index (Phi) is 4.26. The molecule has 7 heteroatoms. The number of rotatable bonds is 2. The van der Waals surface area contributed by atoms with Crippen LogP contribution in [0.25, 0.3) is 0 Å². The van der Waals surface area contributed by atoms with E-state index in [1.54, 1.807) is 0 Å². The topological polar surface area (TPSA) is 53.5 Å². The van der Waals surface area contributed by atoms with E-state index in [9.17, 15) is 18.0 Å². The Morgan fingerprint density at radius 1 is 1.25 bits per heavy atom. The quantitative estimate of drug-likeness (QED) is 0.877. The number of carbonyl (C=O) groups excluding carboxylic acids is 1. The Hall–Kier alpha value is -2.05. The van der Waals surface area contributed by atoms with E-state index in [0.29, 0.717) is 13.1 Å². The third-order valence-corrected chi connectivity index (χ3v) is 2.84. The number of hydrogen-bond donors (Lipinski definition) is 2. The maximum Gasteiger partial charge on any atom is 0.418 e. The van der Waals surface area contributed by atoms with Gasteiger partial charge in [0.05, 0.1) is 11.3 Å². The first-order chi connectivity index (χ1) is 9.48. The van der Waals surface area contributed by atoms with Crippen molar-refractivity contribution in [2.45, 2.75) is 19.0 Å². The van der Waals surface area contributed by atoms with Crippen LogP contribution in [0.4, 0.5) is 18.9 Å². The molecular formula is C13H14F3N3O. The van der Waals surface area contributed by atoms with Gasteiger partial charge in [0.2, 0.25) is 0 Å². The summed E-state index contributed by atoms with van der Waals surface area (Å²) in [7, 11) is 0. The van der Waals surface area contributed by atoms with Crippen LogP contribution in [-0.2, 0) is 11.0 Å². The van der Waals surface area contributed by atoms with Gasteiger partial charge in [0, 0.05) is 13.1 Å². The molecule has 2 rings (SSSR count). The number of alkyl halides is 3. The molecule has 1 heterocycles. The van der Waals surface area contributed by atoms with Crippen LogP contribution in [0.1, 0.15) is 18.4 Å². The maximum absolute atomic E-state index is 12.8. The lowest BCUT2D eigenvalue weighted by molar-refractivity contribution is -0.136. The smallest absolute Gasteiger partial charge is 0.366 e. The highest BCUT2D eigenvalue weighted by Gasteiger charge is 2.33. The highest BCUT2D eigenvalue weighted by atomic mass is 19.4. The number of nitrogens with zero attached hydrogens (tertiary/aromatic N) is 1. The van der Waals surface area contributed by atoms with Crippen molar-refractivity contribution in [3.05, 3.63) is 29.8 Å². The van der Waals surface area contributed by atoms with Gasteiger partial charge >= 0.3 is 6.18 Å². The second-order valence-electron chi connectivity index (χ2n) is 4.36. The number of halogens is 3. The lowest BCUT2D eigenvalue weighted by Crippen LogP contribution is -2.36. The Labute approximate surface area is 114 Å². The lowest BCUT2D eigenvalue weighted by atomic mass is 10.1. The molecule has 0 fully saturated rings. The van der Waals surface area contributed by atoms with Crippen LogP contribution in [0, 0.1) is 0 Å². The fraction of sp³-hybridized carbons (Fsp3) is 0.385. The first-order valence-electron chi connectivity index (χ1n) is 6.24. The molecule has 2 N–H and O–H groups in total. The maximum atomic E-state index is 12.8. The molecule has 0 spiro atoms. The summed E-state index contributed by atoms with van der Waals surface area (Å²) in [4.78, 5) is 16.0. The second kappa shape index (κ2) is 5.94. The van der Waals surface area contributed by atoms with Crippen LogP contribution in [0.15, 0.2) is 29.3 Å². The van der Waals surface area contributed by atoms with E-state index >= 15 is 0 Å². The first kappa shape index (κ1) is 14.4. The third-order valence-electron chi connectivity index (χ3n) is 2.84. The predicted octanol–water partition coefficient (Wildman–Crippen LogP) is 2.43. The van der Waals surface area contributed by atoms with E-state index < -0.39 is 17.6 Å². The molecule has 1 aromatic rings. The van der Waals surface area contributed by atoms with Crippen molar-refractivity contribution in [3.8, 4) is 0 Å². The number of hydrogen-bond acceptors (Lipinski definition) is 3. The van der Waals surface area contributed by atoms with Crippen LogP contribution in [-0.4, -0.2) is 24.8 Å². The van der Waals surface area contributed by atoms with Crippen molar-refractivity contribution >= 4 is 17.4 Å². The van der Waals surface area contributed by atoms with Gasteiger partial charge in [-0.2, -0.15) is 13.2 Å². The van der Waals surface area contributed by atoms with E-state index in [2.05, 4.69) is 15.6 Å². The molecule has 108 valence electrons. The Morgan fingerprint density at radius 2 is 2.00 bits per heavy atom. The number of amidine groups is 1. The van der Waals surface area contributed by atoms with E-state index in [-0.39, 0.29) is 11.5 Å². The average molecular weight is 285 g/mol. The van der Waals surface area contributed by atoms with E-state index in [4.69, 9.17) is 0 Å². The third kappa shape index (κ3) is 3.49. The van der Waals surface area contributed by atoms with Gasteiger partial charge in [0.25, 0.3) is 5.91 Å². The van der Waals surface area contributed by atoms with Gasteiger partial charge in [-0.1, -0.05) is 12.1 Å². The van der Waals surface area contributed by atoms with E-state index in [0.717, 1.165) is 18.9 Å². The molecule has 4 nitrogen and oxygen atoms in total. The van der Waals surface area contributed by atoms with Crippen molar-refractivity contribution in [2.24, 2.45) is 4.99 Å². The zero-order valence-corrected chi connectivity index (χ0v) is 10.6. The molecule has 1 aromatic carbocycles. The molecule has 0 atom stereocenters. The summed E-state index contributed by atoms with van der Waals surface area (Å²) in [6.07, 6.45) is -2.79. The average Bonchev–Trinajstić information content (AvgIpc) is 2.67. The molecule has 0 aliphatic carbocycles. The Balaban J connectivity index is 2.18. The van der Waals surface area contributed by atoms with Crippen molar-refractivity contribution in [3.63, 3.8) is 0 Å². The van der Waals surface area contributed by atoms with Crippen molar-refractivity contribution in [1.29, 1.82) is 0 Å². The van der Waals surface area contributed by atoms with Gasteiger partial charge < -0.3 is 10.6 Å². The van der Waals surface area contributed by atoms with Gasteiger partial charge in [-0.05, 0) is 25.0 Å². The summed E-state index contributed by atoms with van der Waals surface area (Å²) < 4.78 is 38.4. The SMILES string of the molecule is O=C(Nc1ccccc1C(F)(F)F)C1=NCCCCN1. The zero-order valence-electron chi connectivity index (χ0n) is 10.6. The molecule has 0 radical (unpaired) electrons. The van der Waals surface area contributed by atoms with Crippen LogP contribution in [0.3, 0.4) is 0 Å². The molecule has 1 amide bonds. The van der Waals surface area contributed by atoms with Crippen LogP contribution >= 0.6 is 0 Å². The molecule has 0 saturated heterocycles. The summed E-state index contributed by atoms with van der Waals surface area (Å²) in [5, 5.41) is 5.08. The first-order valence-corrected chi connectivity index (χ1v) is 6.24. The number of aliphatic imine (C=N–C) groups is 1. The lowest BCUT2D eigenvalue weighted by Gasteiger charge is -2.14. The van der Waals surface area contributed by atoms with E-state index in [1.807, 2.05) is 0 Å². The summed E-state index contributed by atoms with van der Waals surface area (Å²) >= 11 is 0. The summed E-state index contributed by atoms with van der Waals surface area (Å²) in [6, 6.07) is 4.86.